The molecule has 2 rings (SSSR count). The van der Waals surface area contributed by atoms with Gasteiger partial charge in [-0.1, -0.05) is 12.1 Å². The molecule has 22 heavy (non-hydrogen) atoms. The first-order chi connectivity index (χ1) is 10.6. The lowest BCUT2D eigenvalue weighted by Gasteiger charge is -2.20. The van der Waals surface area contributed by atoms with E-state index in [2.05, 4.69) is 33.1 Å². The average Bonchev–Trinajstić information content (AvgIpc) is 3.18. The highest BCUT2D eigenvalue weighted by Gasteiger charge is 2.23. The number of rotatable bonds is 7. The second-order valence-corrected chi connectivity index (χ2v) is 7.18. The topological polar surface area (TPSA) is 56.7 Å². The zero-order valence-corrected chi connectivity index (χ0v) is 14.6. The Balaban J connectivity index is 1.89. The van der Waals surface area contributed by atoms with E-state index >= 15 is 0 Å². The molecule has 2 heterocycles. The van der Waals surface area contributed by atoms with Gasteiger partial charge in [0, 0.05) is 22.8 Å². The van der Waals surface area contributed by atoms with Crippen molar-refractivity contribution in [3.63, 3.8) is 0 Å². The summed E-state index contributed by atoms with van der Waals surface area (Å²) in [7, 11) is 0. The largest absolute Gasteiger partial charge is 0.383 e. The summed E-state index contributed by atoms with van der Waals surface area (Å²) in [6.07, 6.45) is 0.976. The molecule has 6 heteroatoms. The number of aliphatic imine (C=N–C) groups is 1. The maximum absolute atomic E-state index is 10.5. The lowest BCUT2D eigenvalue weighted by Crippen LogP contribution is -2.39. The molecule has 0 aliphatic carbocycles. The van der Waals surface area contributed by atoms with Gasteiger partial charge in [-0.3, -0.25) is 0 Å². The van der Waals surface area contributed by atoms with Crippen LogP contribution in [0.5, 0.6) is 0 Å². The fourth-order valence-electron chi connectivity index (χ4n) is 2.00. The minimum absolute atomic E-state index is 0.335. The van der Waals surface area contributed by atoms with E-state index in [1.807, 2.05) is 24.4 Å². The fourth-order valence-corrected chi connectivity index (χ4v) is 3.48. The summed E-state index contributed by atoms with van der Waals surface area (Å²) >= 11 is 3.32. The molecule has 0 aliphatic rings. The third-order valence-corrected chi connectivity index (χ3v) is 5.24. The molecule has 1 unspecified atom stereocenters. The highest BCUT2D eigenvalue weighted by atomic mass is 32.1. The van der Waals surface area contributed by atoms with Gasteiger partial charge in [0.25, 0.3) is 0 Å². The molecule has 0 saturated carbocycles. The maximum Gasteiger partial charge on any atom is 0.191 e. The van der Waals surface area contributed by atoms with Gasteiger partial charge in [-0.05, 0) is 43.2 Å². The summed E-state index contributed by atoms with van der Waals surface area (Å²) in [6, 6.07) is 8.09. The predicted octanol–water partition coefficient (Wildman–Crippen LogP) is 2.81. The van der Waals surface area contributed by atoms with E-state index in [0.29, 0.717) is 6.54 Å². The lowest BCUT2D eigenvalue weighted by atomic mass is 10.1. The van der Waals surface area contributed by atoms with Crippen molar-refractivity contribution in [1.82, 2.24) is 10.6 Å². The molecule has 0 fully saturated rings. The van der Waals surface area contributed by atoms with Crippen molar-refractivity contribution in [2.75, 3.05) is 19.6 Å². The second-order valence-electron chi connectivity index (χ2n) is 5.20. The molecule has 0 saturated heterocycles. The van der Waals surface area contributed by atoms with Crippen LogP contribution >= 0.6 is 22.7 Å². The van der Waals surface area contributed by atoms with Crippen LogP contribution in [0.4, 0.5) is 0 Å². The first kappa shape index (κ1) is 17.0. The Morgan fingerprint density at radius 2 is 2.00 bits per heavy atom. The molecule has 0 aromatic carbocycles. The van der Waals surface area contributed by atoms with E-state index in [1.165, 1.54) is 4.88 Å². The Labute approximate surface area is 139 Å². The van der Waals surface area contributed by atoms with Crippen molar-refractivity contribution in [2.24, 2.45) is 4.99 Å². The van der Waals surface area contributed by atoms with Crippen molar-refractivity contribution in [1.29, 1.82) is 0 Å². The van der Waals surface area contributed by atoms with Gasteiger partial charge in [0.1, 0.15) is 5.60 Å². The van der Waals surface area contributed by atoms with Crippen LogP contribution in [0.3, 0.4) is 0 Å². The summed E-state index contributed by atoms with van der Waals surface area (Å²) in [6.45, 7) is 5.80. The molecule has 2 aromatic heterocycles. The monoisotopic (exact) mass is 337 g/mol. The van der Waals surface area contributed by atoms with Crippen LogP contribution in [0.2, 0.25) is 0 Å². The zero-order chi connectivity index (χ0) is 15.8. The molecule has 2 aromatic rings. The van der Waals surface area contributed by atoms with Crippen LogP contribution in [0.1, 0.15) is 23.6 Å². The van der Waals surface area contributed by atoms with Crippen molar-refractivity contribution < 1.29 is 5.11 Å². The summed E-state index contributed by atoms with van der Waals surface area (Å²) in [5.41, 5.74) is -0.926. The van der Waals surface area contributed by atoms with E-state index in [-0.39, 0.29) is 0 Å². The predicted molar refractivity (Wildman–Crippen MR) is 95.9 cm³/mol. The van der Waals surface area contributed by atoms with Gasteiger partial charge in [-0.15, -0.1) is 22.7 Å². The Kier molecular flexibility index (Phi) is 6.42. The normalized spacial score (nSPS) is 14.6. The summed E-state index contributed by atoms with van der Waals surface area (Å²) < 4.78 is 0. The molecule has 0 amide bonds. The average molecular weight is 338 g/mol. The van der Waals surface area contributed by atoms with Crippen LogP contribution in [0, 0.1) is 0 Å². The molecular weight excluding hydrogens is 314 g/mol. The van der Waals surface area contributed by atoms with Crippen molar-refractivity contribution in [3.8, 4) is 0 Å². The van der Waals surface area contributed by atoms with E-state index in [0.717, 1.165) is 30.3 Å². The van der Waals surface area contributed by atoms with Gasteiger partial charge in [-0.2, -0.15) is 0 Å². The molecule has 1 atom stereocenters. The lowest BCUT2D eigenvalue weighted by molar-refractivity contribution is 0.0711. The molecule has 0 radical (unpaired) electrons. The Morgan fingerprint density at radius 1 is 1.23 bits per heavy atom. The third-order valence-electron chi connectivity index (χ3n) is 3.19. The smallest absolute Gasteiger partial charge is 0.191 e. The number of aliphatic hydroxyl groups is 1. The first-order valence-corrected chi connectivity index (χ1v) is 9.18. The SMILES string of the molecule is CCNC(=NCC(C)(O)c1cccs1)NCCc1cccs1. The number of guanidine groups is 1. The zero-order valence-electron chi connectivity index (χ0n) is 13.0. The van der Waals surface area contributed by atoms with E-state index in [4.69, 9.17) is 0 Å². The quantitative estimate of drug-likeness (QED) is 0.538. The van der Waals surface area contributed by atoms with Gasteiger partial charge in [-0.25, -0.2) is 4.99 Å². The van der Waals surface area contributed by atoms with Crippen LogP contribution in [0.25, 0.3) is 0 Å². The first-order valence-electron chi connectivity index (χ1n) is 7.43. The van der Waals surface area contributed by atoms with Gasteiger partial charge in [0.05, 0.1) is 6.54 Å². The van der Waals surface area contributed by atoms with Gasteiger partial charge in [0.2, 0.25) is 0 Å². The Morgan fingerprint density at radius 3 is 2.64 bits per heavy atom. The Bertz CT molecular complexity index is 562. The fraction of sp³-hybridized carbons (Fsp3) is 0.438. The number of hydrogen-bond donors (Lipinski definition) is 3. The van der Waals surface area contributed by atoms with Crippen molar-refractivity contribution >= 4 is 28.6 Å². The summed E-state index contributed by atoms with van der Waals surface area (Å²) in [5.74, 6) is 0.746. The van der Waals surface area contributed by atoms with E-state index in [9.17, 15) is 5.11 Å². The van der Waals surface area contributed by atoms with Crippen LogP contribution in [0.15, 0.2) is 40.0 Å². The van der Waals surface area contributed by atoms with Crippen molar-refractivity contribution in [3.05, 3.63) is 44.8 Å². The summed E-state index contributed by atoms with van der Waals surface area (Å²) in [5, 5.41) is 21.1. The highest BCUT2D eigenvalue weighted by Crippen LogP contribution is 2.25. The highest BCUT2D eigenvalue weighted by molar-refractivity contribution is 7.10. The van der Waals surface area contributed by atoms with Gasteiger partial charge >= 0.3 is 0 Å². The molecule has 4 nitrogen and oxygen atoms in total. The van der Waals surface area contributed by atoms with Crippen molar-refractivity contribution in [2.45, 2.75) is 25.9 Å². The number of nitrogens with one attached hydrogen (secondary N) is 2. The number of nitrogens with zero attached hydrogens (tertiary/aromatic N) is 1. The minimum Gasteiger partial charge on any atom is -0.383 e. The summed E-state index contributed by atoms with van der Waals surface area (Å²) in [4.78, 5) is 6.81. The van der Waals surface area contributed by atoms with E-state index < -0.39 is 5.60 Å². The molecule has 120 valence electrons. The molecule has 0 bridgehead atoms. The standard InChI is InChI=1S/C16H23N3OS2/c1-3-17-15(18-9-8-13-6-4-10-21-13)19-12-16(2,20)14-7-5-11-22-14/h4-7,10-11,20H,3,8-9,12H2,1-2H3,(H2,17,18,19). The van der Waals surface area contributed by atoms with Crippen LogP contribution in [-0.2, 0) is 12.0 Å². The van der Waals surface area contributed by atoms with Gasteiger partial charge in [0.15, 0.2) is 5.96 Å². The molecule has 0 spiro atoms. The maximum atomic E-state index is 10.5. The Hall–Kier alpha value is -1.37. The van der Waals surface area contributed by atoms with Gasteiger partial charge < -0.3 is 15.7 Å². The minimum atomic E-state index is -0.926. The number of thiophene rings is 2. The van der Waals surface area contributed by atoms with E-state index in [1.54, 1.807) is 29.6 Å². The molecular formula is C16H23N3OS2. The second kappa shape index (κ2) is 8.31. The molecule has 0 aliphatic heterocycles. The third kappa shape index (κ3) is 5.12. The van der Waals surface area contributed by atoms with Crippen LogP contribution in [-0.4, -0.2) is 30.7 Å². The molecule has 3 N–H and O–H groups in total. The van der Waals surface area contributed by atoms with Crippen LogP contribution < -0.4 is 10.6 Å². The number of hydrogen-bond acceptors (Lipinski definition) is 4.